The Balaban J connectivity index is 1.44. The molecule has 0 saturated carbocycles. The quantitative estimate of drug-likeness (QED) is 0.726. The Bertz CT molecular complexity index is 835. The summed E-state index contributed by atoms with van der Waals surface area (Å²) in [7, 11) is 2.01. The third-order valence-electron chi connectivity index (χ3n) is 4.78. The number of pyridine rings is 1. The molecule has 0 aromatic carbocycles. The van der Waals surface area contributed by atoms with Gasteiger partial charge in [0.2, 0.25) is 0 Å². The molecular formula is C17H20FN7. The van der Waals surface area contributed by atoms with E-state index in [0.29, 0.717) is 18.3 Å². The average Bonchev–Trinajstić information content (AvgIpc) is 3.27. The van der Waals surface area contributed by atoms with E-state index in [0.717, 1.165) is 37.6 Å². The van der Waals surface area contributed by atoms with E-state index >= 15 is 0 Å². The van der Waals surface area contributed by atoms with Crippen LogP contribution < -0.4 is 4.90 Å². The number of halogens is 1. The van der Waals surface area contributed by atoms with Crippen molar-refractivity contribution >= 4 is 5.82 Å². The minimum atomic E-state index is -0.262. The van der Waals surface area contributed by atoms with Gasteiger partial charge >= 0.3 is 0 Å². The van der Waals surface area contributed by atoms with Crippen molar-refractivity contribution < 1.29 is 4.39 Å². The molecule has 4 heterocycles. The number of piperidine rings is 1. The minimum Gasteiger partial charge on any atom is -0.354 e. The normalized spacial score (nSPS) is 15.7. The zero-order valence-electron chi connectivity index (χ0n) is 14.1. The minimum absolute atomic E-state index is 0.262. The van der Waals surface area contributed by atoms with Crippen molar-refractivity contribution in [3.8, 4) is 0 Å². The zero-order chi connectivity index (χ0) is 17.2. The molecule has 0 amide bonds. The molecule has 4 rings (SSSR count). The second-order valence-electron chi connectivity index (χ2n) is 6.34. The van der Waals surface area contributed by atoms with Crippen LogP contribution in [0.5, 0.6) is 0 Å². The number of anilines is 1. The second-order valence-corrected chi connectivity index (χ2v) is 6.34. The lowest BCUT2D eigenvalue weighted by Gasteiger charge is -2.32. The monoisotopic (exact) mass is 341 g/mol. The van der Waals surface area contributed by atoms with Gasteiger partial charge in [0.15, 0.2) is 17.5 Å². The summed E-state index contributed by atoms with van der Waals surface area (Å²) in [5.74, 6) is 2.42. The number of hydrogen-bond acceptors (Lipinski definition) is 5. The molecule has 0 unspecified atom stereocenters. The number of imidazole rings is 1. The Morgan fingerprint density at radius 2 is 2.04 bits per heavy atom. The first-order chi connectivity index (χ1) is 12.2. The van der Waals surface area contributed by atoms with Gasteiger partial charge in [0, 0.05) is 44.6 Å². The summed E-state index contributed by atoms with van der Waals surface area (Å²) in [6, 6.07) is 3.08. The van der Waals surface area contributed by atoms with E-state index in [9.17, 15) is 4.39 Å². The van der Waals surface area contributed by atoms with Gasteiger partial charge in [-0.1, -0.05) is 0 Å². The predicted octanol–water partition coefficient (Wildman–Crippen LogP) is 1.98. The Hall–Kier alpha value is -2.77. The number of aromatic nitrogens is 6. The Kier molecular flexibility index (Phi) is 4.17. The predicted molar refractivity (Wildman–Crippen MR) is 90.7 cm³/mol. The molecule has 1 aliphatic heterocycles. The standard InChI is InChI=1S/C17H20FN7/c1-23-15(11-24-10-7-19-12-24)21-22-16(23)13-4-8-25(9-5-13)17-14(18)3-2-6-20-17/h2-3,6-7,10,12-13H,4-5,8-9,11H2,1H3. The van der Waals surface area contributed by atoms with Crippen LogP contribution in [0.1, 0.15) is 30.4 Å². The van der Waals surface area contributed by atoms with Crippen LogP contribution in [0.15, 0.2) is 37.1 Å². The lowest BCUT2D eigenvalue weighted by atomic mass is 9.96. The fourth-order valence-corrected chi connectivity index (χ4v) is 3.37. The van der Waals surface area contributed by atoms with Crippen molar-refractivity contribution in [2.45, 2.75) is 25.3 Å². The van der Waals surface area contributed by atoms with Crippen molar-refractivity contribution in [2.24, 2.45) is 7.05 Å². The van der Waals surface area contributed by atoms with Gasteiger partial charge in [-0.05, 0) is 25.0 Å². The molecule has 7 nitrogen and oxygen atoms in total. The highest BCUT2D eigenvalue weighted by Gasteiger charge is 2.26. The van der Waals surface area contributed by atoms with Crippen LogP contribution in [-0.4, -0.2) is 42.4 Å². The zero-order valence-corrected chi connectivity index (χ0v) is 14.1. The molecule has 0 aliphatic carbocycles. The van der Waals surface area contributed by atoms with Crippen molar-refractivity contribution in [1.29, 1.82) is 0 Å². The van der Waals surface area contributed by atoms with E-state index in [4.69, 9.17) is 0 Å². The molecule has 1 aliphatic rings. The fourth-order valence-electron chi connectivity index (χ4n) is 3.37. The molecule has 0 bridgehead atoms. The molecule has 1 saturated heterocycles. The smallest absolute Gasteiger partial charge is 0.165 e. The second kappa shape index (κ2) is 6.62. The van der Waals surface area contributed by atoms with Crippen molar-refractivity contribution in [1.82, 2.24) is 29.3 Å². The first-order valence-corrected chi connectivity index (χ1v) is 8.41. The maximum absolute atomic E-state index is 13.9. The van der Waals surface area contributed by atoms with E-state index < -0.39 is 0 Å². The highest BCUT2D eigenvalue weighted by molar-refractivity contribution is 5.40. The van der Waals surface area contributed by atoms with Gasteiger partial charge in [-0.15, -0.1) is 10.2 Å². The molecule has 130 valence electrons. The number of nitrogens with zero attached hydrogens (tertiary/aromatic N) is 7. The Labute approximate surface area is 145 Å². The molecule has 3 aromatic heterocycles. The summed E-state index contributed by atoms with van der Waals surface area (Å²) < 4.78 is 17.9. The Morgan fingerprint density at radius 1 is 1.20 bits per heavy atom. The summed E-state index contributed by atoms with van der Waals surface area (Å²) in [4.78, 5) is 10.2. The molecular weight excluding hydrogens is 321 g/mol. The molecule has 1 fully saturated rings. The van der Waals surface area contributed by atoms with Crippen molar-refractivity contribution in [2.75, 3.05) is 18.0 Å². The average molecular weight is 341 g/mol. The number of rotatable bonds is 4. The molecule has 0 atom stereocenters. The van der Waals surface area contributed by atoms with Gasteiger partial charge in [0.25, 0.3) is 0 Å². The van der Waals surface area contributed by atoms with Crippen LogP contribution in [0.25, 0.3) is 0 Å². The van der Waals surface area contributed by atoms with E-state index in [1.165, 1.54) is 6.07 Å². The largest absolute Gasteiger partial charge is 0.354 e. The SMILES string of the molecule is Cn1c(Cn2ccnc2)nnc1C1CCN(c2ncccc2F)CC1. The van der Waals surface area contributed by atoms with Gasteiger partial charge in [-0.3, -0.25) is 0 Å². The first-order valence-electron chi connectivity index (χ1n) is 8.41. The van der Waals surface area contributed by atoms with Crippen molar-refractivity contribution in [3.63, 3.8) is 0 Å². The lowest BCUT2D eigenvalue weighted by molar-refractivity contribution is 0.464. The van der Waals surface area contributed by atoms with Gasteiger partial charge in [-0.2, -0.15) is 0 Å². The summed E-state index contributed by atoms with van der Waals surface area (Å²) in [5.41, 5.74) is 0. The van der Waals surface area contributed by atoms with Crippen LogP contribution in [0.2, 0.25) is 0 Å². The van der Waals surface area contributed by atoms with Crippen LogP contribution in [-0.2, 0) is 13.6 Å². The van der Waals surface area contributed by atoms with Crippen molar-refractivity contribution in [3.05, 3.63) is 54.5 Å². The van der Waals surface area contributed by atoms with Gasteiger partial charge in [0.05, 0.1) is 12.9 Å². The summed E-state index contributed by atoms with van der Waals surface area (Å²) in [6.45, 7) is 2.19. The fraction of sp³-hybridized carbons (Fsp3) is 0.412. The maximum atomic E-state index is 13.9. The van der Waals surface area contributed by atoms with Gasteiger partial charge < -0.3 is 14.0 Å². The van der Waals surface area contributed by atoms with E-state index in [1.54, 1.807) is 24.8 Å². The topological polar surface area (TPSA) is 64.7 Å². The summed E-state index contributed by atoms with van der Waals surface area (Å²) in [6.07, 6.45) is 8.89. The molecule has 25 heavy (non-hydrogen) atoms. The molecule has 0 radical (unpaired) electrons. The lowest BCUT2D eigenvalue weighted by Crippen LogP contribution is -2.34. The van der Waals surface area contributed by atoms with E-state index in [2.05, 4.69) is 24.7 Å². The number of hydrogen-bond donors (Lipinski definition) is 0. The van der Waals surface area contributed by atoms with Crippen LogP contribution in [0.3, 0.4) is 0 Å². The van der Waals surface area contributed by atoms with Gasteiger partial charge in [0.1, 0.15) is 5.82 Å². The maximum Gasteiger partial charge on any atom is 0.165 e. The molecule has 0 N–H and O–H groups in total. The summed E-state index contributed by atoms with van der Waals surface area (Å²) >= 11 is 0. The van der Waals surface area contributed by atoms with Crippen LogP contribution in [0.4, 0.5) is 10.2 Å². The van der Waals surface area contributed by atoms with Crippen LogP contribution in [0, 0.1) is 5.82 Å². The Morgan fingerprint density at radius 3 is 2.76 bits per heavy atom. The third-order valence-corrected chi connectivity index (χ3v) is 4.78. The highest BCUT2D eigenvalue weighted by Crippen LogP contribution is 2.29. The summed E-state index contributed by atoms with van der Waals surface area (Å²) in [5, 5.41) is 8.74. The highest BCUT2D eigenvalue weighted by atomic mass is 19.1. The molecule has 8 heteroatoms. The molecule has 3 aromatic rings. The first kappa shape index (κ1) is 15.7. The van der Waals surface area contributed by atoms with Gasteiger partial charge in [-0.25, -0.2) is 14.4 Å². The van der Waals surface area contributed by atoms with Crippen LogP contribution >= 0.6 is 0 Å². The van der Waals surface area contributed by atoms with E-state index in [1.807, 2.05) is 22.7 Å². The third kappa shape index (κ3) is 3.11. The van der Waals surface area contributed by atoms with E-state index in [-0.39, 0.29) is 5.82 Å². The molecule has 0 spiro atoms.